The summed E-state index contributed by atoms with van der Waals surface area (Å²) < 4.78 is 13.4. The highest BCUT2D eigenvalue weighted by atomic mass is 16.6. The molecule has 1 aromatic carbocycles. The number of fused-ring (bicyclic) bond motifs is 1. The lowest BCUT2D eigenvalue weighted by Crippen LogP contribution is -2.47. The zero-order chi connectivity index (χ0) is 17.6. The molecule has 0 bridgehead atoms. The summed E-state index contributed by atoms with van der Waals surface area (Å²) in [5, 5.41) is 7.08. The molecule has 0 aliphatic carbocycles. The lowest BCUT2D eigenvalue weighted by Gasteiger charge is -2.30. The summed E-state index contributed by atoms with van der Waals surface area (Å²) in [6.07, 6.45) is 4.36. The van der Waals surface area contributed by atoms with Crippen molar-refractivity contribution in [3.05, 3.63) is 42.2 Å². The molecular weight excluding hydrogens is 320 g/mol. The van der Waals surface area contributed by atoms with Gasteiger partial charge in [-0.3, -0.25) is 4.68 Å². The molecule has 0 spiro atoms. The van der Waals surface area contributed by atoms with Crippen molar-refractivity contribution in [1.82, 2.24) is 20.0 Å². The van der Waals surface area contributed by atoms with Gasteiger partial charge in [0, 0.05) is 26.3 Å². The van der Waals surface area contributed by atoms with Gasteiger partial charge in [0.05, 0.1) is 12.7 Å². The summed E-state index contributed by atoms with van der Waals surface area (Å²) >= 11 is 0. The molecule has 0 saturated carbocycles. The van der Waals surface area contributed by atoms with E-state index in [1.54, 1.807) is 9.58 Å². The van der Waals surface area contributed by atoms with E-state index in [0.29, 0.717) is 26.2 Å². The summed E-state index contributed by atoms with van der Waals surface area (Å²) in [6.45, 7) is 4.07. The first-order valence-corrected chi connectivity index (χ1v) is 8.54. The monoisotopic (exact) mass is 344 g/mol. The van der Waals surface area contributed by atoms with Crippen LogP contribution in [0.15, 0.2) is 36.7 Å². The molecule has 2 amide bonds. The number of carbonyl (C=O) groups excluding carboxylic acids is 1. The molecule has 1 atom stereocenters. The molecule has 0 radical (unpaired) electrons. The summed E-state index contributed by atoms with van der Waals surface area (Å²) in [7, 11) is 1.88. The van der Waals surface area contributed by atoms with Crippen LogP contribution in [0.5, 0.6) is 11.5 Å². The zero-order valence-electron chi connectivity index (χ0n) is 14.6. The molecule has 25 heavy (non-hydrogen) atoms. The quantitative estimate of drug-likeness (QED) is 0.868. The van der Waals surface area contributed by atoms with Crippen LogP contribution in [0.25, 0.3) is 0 Å². The molecule has 1 aliphatic rings. The van der Waals surface area contributed by atoms with Crippen LogP contribution in [0.3, 0.4) is 0 Å². The minimum absolute atomic E-state index is 0.0890. The highest BCUT2D eigenvalue weighted by molar-refractivity contribution is 5.74. The lowest BCUT2D eigenvalue weighted by molar-refractivity contribution is 0.0676. The molecule has 3 rings (SSSR count). The molecule has 7 nitrogen and oxygen atoms in total. The van der Waals surface area contributed by atoms with Crippen LogP contribution in [0.4, 0.5) is 4.79 Å². The number of amides is 2. The number of likely N-dealkylation sites (N-methyl/N-ethyl adjacent to an activating group) is 1. The van der Waals surface area contributed by atoms with Gasteiger partial charge >= 0.3 is 6.03 Å². The Hall–Kier alpha value is -2.70. The fraction of sp³-hybridized carbons (Fsp3) is 0.444. The number of rotatable bonds is 6. The molecule has 2 heterocycles. The third-order valence-corrected chi connectivity index (χ3v) is 4.11. The summed E-state index contributed by atoms with van der Waals surface area (Å²) in [6, 6.07) is 7.50. The maximum absolute atomic E-state index is 12.4. The van der Waals surface area contributed by atoms with E-state index in [-0.39, 0.29) is 12.1 Å². The number of urea groups is 1. The van der Waals surface area contributed by atoms with Gasteiger partial charge in [-0.15, -0.1) is 0 Å². The first kappa shape index (κ1) is 17.1. The highest BCUT2D eigenvalue weighted by Gasteiger charge is 2.24. The van der Waals surface area contributed by atoms with E-state index in [4.69, 9.17) is 9.47 Å². The molecule has 0 fully saturated rings. The molecule has 1 unspecified atom stereocenters. The van der Waals surface area contributed by atoms with E-state index in [9.17, 15) is 4.79 Å². The van der Waals surface area contributed by atoms with Gasteiger partial charge in [0.15, 0.2) is 17.6 Å². The second kappa shape index (κ2) is 7.92. The molecule has 1 N–H and O–H groups in total. The minimum atomic E-state index is -0.168. The number of nitrogens with zero attached hydrogens (tertiary/aromatic N) is 3. The van der Waals surface area contributed by atoms with Gasteiger partial charge in [-0.1, -0.05) is 12.1 Å². The van der Waals surface area contributed by atoms with Crippen LogP contribution in [-0.2, 0) is 13.5 Å². The number of nitrogens with one attached hydrogen (secondary N) is 1. The number of para-hydroxylation sites is 2. The Bertz CT molecular complexity index is 716. The topological polar surface area (TPSA) is 68.6 Å². The normalized spacial score (nSPS) is 15.7. The predicted molar refractivity (Wildman–Crippen MR) is 93.9 cm³/mol. The smallest absolute Gasteiger partial charge is 0.317 e. The van der Waals surface area contributed by atoms with Crippen LogP contribution in [0.2, 0.25) is 0 Å². The van der Waals surface area contributed by atoms with Gasteiger partial charge in [0.25, 0.3) is 0 Å². The fourth-order valence-corrected chi connectivity index (χ4v) is 2.78. The van der Waals surface area contributed by atoms with Crippen LogP contribution >= 0.6 is 0 Å². The van der Waals surface area contributed by atoms with E-state index >= 15 is 0 Å². The number of ether oxygens (including phenoxy) is 2. The van der Waals surface area contributed by atoms with Crippen molar-refractivity contribution in [3.63, 3.8) is 0 Å². The number of benzene rings is 1. The number of aryl methyl sites for hydroxylation is 1. The third-order valence-electron chi connectivity index (χ3n) is 4.11. The van der Waals surface area contributed by atoms with Crippen LogP contribution in [0, 0.1) is 0 Å². The Morgan fingerprint density at radius 2 is 2.20 bits per heavy atom. The maximum atomic E-state index is 12.4. The van der Waals surface area contributed by atoms with Crippen molar-refractivity contribution in [2.24, 2.45) is 7.05 Å². The Balaban J connectivity index is 1.47. The Morgan fingerprint density at radius 3 is 2.92 bits per heavy atom. The standard InChI is InChI=1S/C18H24N4O3/c1-3-22(18(23)19-9-8-14-10-20-21(2)11-14)12-15-13-24-16-6-4-5-7-17(16)25-15/h4-7,10-11,15H,3,8-9,12-13H2,1-2H3,(H,19,23). The van der Waals surface area contributed by atoms with Gasteiger partial charge in [0.1, 0.15) is 6.61 Å². The van der Waals surface area contributed by atoms with Crippen molar-refractivity contribution in [2.45, 2.75) is 19.4 Å². The molecular formula is C18H24N4O3. The molecule has 2 aromatic rings. The number of carbonyl (C=O) groups is 1. The summed E-state index contributed by atoms with van der Waals surface area (Å²) in [5.74, 6) is 1.48. The van der Waals surface area contributed by atoms with Gasteiger partial charge in [0.2, 0.25) is 0 Å². The largest absolute Gasteiger partial charge is 0.486 e. The molecule has 7 heteroatoms. The molecule has 1 aromatic heterocycles. The first-order valence-electron chi connectivity index (χ1n) is 8.54. The van der Waals surface area contributed by atoms with E-state index in [1.165, 1.54) is 0 Å². The van der Waals surface area contributed by atoms with Gasteiger partial charge in [-0.25, -0.2) is 4.79 Å². The van der Waals surface area contributed by atoms with Crippen molar-refractivity contribution < 1.29 is 14.3 Å². The third kappa shape index (κ3) is 4.43. The number of hydrogen-bond acceptors (Lipinski definition) is 4. The average molecular weight is 344 g/mol. The zero-order valence-corrected chi connectivity index (χ0v) is 14.6. The Morgan fingerprint density at radius 1 is 1.40 bits per heavy atom. The second-order valence-electron chi connectivity index (χ2n) is 6.04. The van der Waals surface area contributed by atoms with Gasteiger partial charge in [-0.2, -0.15) is 5.10 Å². The van der Waals surface area contributed by atoms with Gasteiger partial charge in [-0.05, 0) is 31.0 Å². The Labute approximate surface area is 147 Å². The van der Waals surface area contributed by atoms with E-state index in [2.05, 4.69) is 10.4 Å². The SMILES string of the molecule is CCN(CC1COc2ccccc2O1)C(=O)NCCc1cnn(C)c1. The van der Waals surface area contributed by atoms with Crippen molar-refractivity contribution in [1.29, 1.82) is 0 Å². The lowest BCUT2D eigenvalue weighted by atomic mass is 10.2. The Kier molecular flexibility index (Phi) is 5.42. The summed E-state index contributed by atoms with van der Waals surface area (Å²) in [4.78, 5) is 14.1. The molecule has 1 aliphatic heterocycles. The highest BCUT2D eigenvalue weighted by Crippen LogP contribution is 2.30. The van der Waals surface area contributed by atoms with Crippen LogP contribution in [-0.4, -0.2) is 53.1 Å². The first-order chi connectivity index (χ1) is 12.2. The maximum Gasteiger partial charge on any atom is 0.317 e. The fourth-order valence-electron chi connectivity index (χ4n) is 2.78. The van der Waals surface area contributed by atoms with Crippen molar-refractivity contribution in [3.8, 4) is 11.5 Å². The van der Waals surface area contributed by atoms with E-state index < -0.39 is 0 Å². The second-order valence-corrected chi connectivity index (χ2v) is 6.04. The van der Waals surface area contributed by atoms with E-state index in [0.717, 1.165) is 23.5 Å². The van der Waals surface area contributed by atoms with E-state index in [1.807, 2.05) is 50.6 Å². The predicted octanol–water partition coefficient (Wildman–Crippen LogP) is 1.83. The van der Waals surface area contributed by atoms with Crippen molar-refractivity contribution in [2.75, 3.05) is 26.2 Å². The van der Waals surface area contributed by atoms with Crippen LogP contribution < -0.4 is 14.8 Å². The van der Waals surface area contributed by atoms with Crippen molar-refractivity contribution >= 4 is 6.03 Å². The molecule has 134 valence electrons. The van der Waals surface area contributed by atoms with Gasteiger partial charge < -0.3 is 19.7 Å². The van der Waals surface area contributed by atoms with Crippen LogP contribution in [0.1, 0.15) is 12.5 Å². The minimum Gasteiger partial charge on any atom is -0.486 e. The number of hydrogen-bond donors (Lipinski definition) is 1. The molecule has 0 saturated heterocycles. The summed E-state index contributed by atoms with van der Waals surface area (Å²) in [5.41, 5.74) is 1.10. The average Bonchev–Trinajstić information content (AvgIpc) is 3.04. The number of aromatic nitrogens is 2.